The molecule has 0 amide bonds. The molecule has 5 rings (SSSR count). The summed E-state index contributed by atoms with van der Waals surface area (Å²) < 4.78 is 5.19. The molecule has 140 valence electrons. The van der Waals surface area contributed by atoms with Crippen molar-refractivity contribution in [1.29, 1.82) is 5.26 Å². The molecule has 1 unspecified atom stereocenters. The smallest absolute Gasteiger partial charge is 0.141 e. The summed E-state index contributed by atoms with van der Waals surface area (Å²) in [6.07, 6.45) is 11.8. The van der Waals surface area contributed by atoms with E-state index in [2.05, 4.69) is 21.4 Å². The van der Waals surface area contributed by atoms with E-state index in [1.165, 1.54) is 0 Å². The van der Waals surface area contributed by atoms with E-state index in [9.17, 15) is 10.4 Å². The fourth-order valence-electron chi connectivity index (χ4n) is 3.71. The number of fused-ring (bicyclic) bond motifs is 1. The molecule has 0 bridgehead atoms. The number of aliphatic hydroxyl groups excluding tert-OH is 1. The van der Waals surface area contributed by atoms with Gasteiger partial charge in [0, 0.05) is 30.6 Å². The van der Waals surface area contributed by atoms with Crippen LogP contribution in [0.5, 0.6) is 0 Å². The Bertz CT molecular complexity index is 1190. The normalized spacial score (nSPS) is 20.0. The first-order valence-corrected chi connectivity index (χ1v) is 9.08. The molecule has 28 heavy (non-hydrogen) atoms. The zero-order valence-corrected chi connectivity index (χ0v) is 15.2. The molecular formula is C19H18N8O. The second-order valence-electron chi connectivity index (χ2n) is 7.21. The van der Waals surface area contributed by atoms with E-state index in [4.69, 9.17) is 4.98 Å². The summed E-state index contributed by atoms with van der Waals surface area (Å²) in [6.45, 7) is 0. The van der Waals surface area contributed by atoms with Crippen molar-refractivity contribution in [2.24, 2.45) is 13.0 Å². The topological polar surface area (TPSA) is 110 Å². The molecule has 0 saturated heterocycles. The van der Waals surface area contributed by atoms with Gasteiger partial charge in [0.15, 0.2) is 0 Å². The van der Waals surface area contributed by atoms with Crippen LogP contribution in [0.15, 0.2) is 43.2 Å². The molecular weight excluding hydrogens is 356 g/mol. The van der Waals surface area contributed by atoms with E-state index in [0.29, 0.717) is 12.8 Å². The summed E-state index contributed by atoms with van der Waals surface area (Å²) in [4.78, 5) is 4.83. The van der Waals surface area contributed by atoms with Crippen molar-refractivity contribution in [3.05, 3.63) is 43.2 Å². The first-order chi connectivity index (χ1) is 13.6. The molecule has 9 heteroatoms. The maximum absolute atomic E-state index is 9.58. The number of aryl methyl sites for hydroxylation is 1. The summed E-state index contributed by atoms with van der Waals surface area (Å²) in [6, 6.07) is 3.83. The summed E-state index contributed by atoms with van der Waals surface area (Å²) in [7, 11) is 1.86. The molecule has 4 aromatic rings. The minimum absolute atomic E-state index is 0.123. The van der Waals surface area contributed by atoms with Crippen molar-refractivity contribution in [2.75, 3.05) is 0 Å². The van der Waals surface area contributed by atoms with Crippen LogP contribution < -0.4 is 0 Å². The maximum Gasteiger partial charge on any atom is 0.141 e. The predicted molar refractivity (Wildman–Crippen MR) is 99.8 cm³/mol. The van der Waals surface area contributed by atoms with Crippen LogP contribution in [0.3, 0.4) is 0 Å². The fourth-order valence-corrected chi connectivity index (χ4v) is 3.71. The third kappa shape index (κ3) is 2.66. The van der Waals surface area contributed by atoms with Gasteiger partial charge >= 0.3 is 0 Å². The van der Waals surface area contributed by atoms with Gasteiger partial charge in [0.25, 0.3) is 0 Å². The molecule has 1 aliphatic carbocycles. The van der Waals surface area contributed by atoms with Crippen LogP contribution in [0.25, 0.3) is 28.0 Å². The molecule has 4 heterocycles. The van der Waals surface area contributed by atoms with E-state index >= 15 is 0 Å². The van der Waals surface area contributed by atoms with Gasteiger partial charge in [-0.05, 0) is 24.8 Å². The van der Waals surface area contributed by atoms with Gasteiger partial charge in [0.2, 0.25) is 0 Å². The number of nitrogens with zero attached hydrogens (tertiary/aromatic N) is 8. The van der Waals surface area contributed by atoms with Crippen LogP contribution in [-0.2, 0) is 7.05 Å². The van der Waals surface area contributed by atoms with Crippen molar-refractivity contribution in [3.8, 4) is 28.6 Å². The van der Waals surface area contributed by atoms with Crippen molar-refractivity contribution >= 4 is 5.52 Å². The van der Waals surface area contributed by atoms with Crippen LogP contribution in [0, 0.1) is 17.2 Å². The highest BCUT2D eigenvalue weighted by Crippen LogP contribution is 2.37. The van der Waals surface area contributed by atoms with Crippen molar-refractivity contribution in [1.82, 2.24) is 34.2 Å². The monoisotopic (exact) mass is 374 g/mol. The minimum atomic E-state index is -0.389. The molecule has 1 aliphatic rings. The summed E-state index contributed by atoms with van der Waals surface area (Å²) in [5, 5.41) is 32.1. The Hall–Kier alpha value is -3.51. The van der Waals surface area contributed by atoms with Crippen molar-refractivity contribution < 1.29 is 5.11 Å². The number of nitriles is 1. The van der Waals surface area contributed by atoms with Crippen LogP contribution in [0.1, 0.15) is 18.9 Å². The lowest BCUT2D eigenvalue weighted by atomic mass is 9.78. The fraction of sp³-hybridized carbons (Fsp3) is 0.316. The van der Waals surface area contributed by atoms with Crippen LogP contribution >= 0.6 is 0 Å². The van der Waals surface area contributed by atoms with Gasteiger partial charge in [0.1, 0.15) is 6.04 Å². The molecule has 1 saturated carbocycles. The second kappa shape index (κ2) is 6.28. The van der Waals surface area contributed by atoms with Crippen molar-refractivity contribution in [2.45, 2.75) is 25.0 Å². The first-order valence-electron chi connectivity index (χ1n) is 9.08. The molecule has 4 aromatic heterocycles. The lowest BCUT2D eigenvalue weighted by Crippen LogP contribution is -2.34. The standard InChI is InChI=1S/C19H18N8O/c1-25-9-13(7-22-25)16-11-27-17(2-3-21-27)19(24-16)14-8-23-26(10-14)18(6-20)12-4-15(28)5-12/h2-3,7-12,15,18,28H,4-5H2,1H3. The minimum Gasteiger partial charge on any atom is -0.393 e. The number of aliphatic hydroxyl groups is 1. The summed E-state index contributed by atoms with van der Waals surface area (Å²) in [5.74, 6) is 0.123. The average molecular weight is 374 g/mol. The summed E-state index contributed by atoms with van der Waals surface area (Å²) in [5.41, 5.74) is 4.07. The maximum atomic E-state index is 9.58. The summed E-state index contributed by atoms with van der Waals surface area (Å²) >= 11 is 0. The van der Waals surface area contributed by atoms with E-state index < -0.39 is 0 Å². The zero-order valence-electron chi connectivity index (χ0n) is 15.2. The van der Waals surface area contributed by atoms with Crippen molar-refractivity contribution in [3.63, 3.8) is 0 Å². The highest BCUT2D eigenvalue weighted by atomic mass is 16.3. The number of aromatic nitrogens is 7. The second-order valence-corrected chi connectivity index (χ2v) is 7.21. The van der Waals surface area contributed by atoms with Gasteiger partial charge in [-0.3, -0.25) is 9.36 Å². The third-order valence-corrected chi connectivity index (χ3v) is 5.28. The number of rotatable bonds is 4. The van der Waals surface area contributed by atoms with Gasteiger partial charge in [-0.2, -0.15) is 20.6 Å². The number of hydrogen-bond acceptors (Lipinski definition) is 6. The van der Waals surface area contributed by atoms with E-state index in [0.717, 1.165) is 28.0 Å². The lowest BCUT2D eigenvalue weighted by Gasteiger charge is -2.34. The Morgan fingerprint density at radius 3 is 2.68 bits per heavy atom. The van der Waals surface area contributed by atoms with Gasteiger partial charge < -0.3 is 5.11 Å². The average Bonchev–Trinajstić information content (AvgIpc) is 3.40. The molecule has 0 aliphatic heterocycles. The molecule has 0 radical (unpaired) electrons. The lowest BCUT2D eigenvalue weighted by molar-refractivity contribution is 0.0257. The third-order valence-electron chi connectivity index (χ3n) is 5.28. The predicted octanol–water partition coefficient (Wildman–Crippen LogP) is 1.83. The van der Waals surface area contributed by atoms with E-state index in [1.807, 2.05) is 31.7 Å². The Morgan fingerprint density at radius 1 is 1.14 bits per heavy atom. The van der Waals surface area contributed by atoms with Gasteiger partial charge in [-0.15, -0.1) is 0 Å². The van der Waals surface area contributed by atoms with Gasteiger partial charge in [-0.1, -0.05) is 0 Å². The molecule has 1 fully saturated rings. The van der Waals surface area contributed by atoms with E-state index in [1.54, 1.807) is 32.5 Å². The molecule has 0 spiro atoms. The van der Waals surface area contributed by atoms with Gasteiger partial charge in [-0.25, -0.2) is 9.50 Å². The Balaban J connectivity index is 1.57. The Labute approximate surface area is 160 Å². The van der Waals surface area contributed by atoms with E-state index in [-0.39, 0.29) is 18.1 Å². The molecule has 1 N–H and O–H groups in total. The van der Waals surface area contributed by atoms with Crippen LogP contribution in [0.4, 0.5) is 0 Å². The quantitative estimate of drug-likeness (QED) is 0.583. The first kappa shape index (κ1) is 16.6. The largest absolute Gasteiger partial charge is 0.393 e. The Kier molecular flexibility index (Phi) is 3.74. The van der Waals surface area contributed by atoms with Crippen LogP contribution in [-0.4, -0.2) is 45.4 Å². The molecule has 0 aromatic carbocycles. The zero-order chi connectivity index (χ0) is 19.3. The number of hydrogen-bond donors (Lipinski definition) is 1. The highest BCUT2D eigenvalue weighted by Gasteiger charge is 2.35. The molecule has 1 atom stereocenters. The van der Waals surface area contributed by atoms with Crippen LogP contribution in [0.2, 0.25) is 0 Å². The Morgan fingerprint density at radius 2 is 1.96 bits per heavy atom. The van der Waals surface area contributed by atoms with Gasteiger partial charge in [0.05, 0.1) is 53.9 Å². The molecule has 9 nitrogen and oxygen atoms in total. The SMILES string of the molecule is Cn1cc(-c2cn3nccc3c(-c3cnn(C(C#N)C4CC(O)C4)c3)n2)cn1. The highest BCUT2D eigenvalue weighted by molar-refractivity contribution is 5.78.